The number of pyridine rings is 1. The maximum atomic E-state index is 12.3. The lowest BCUT2D eigenvalue weighted by Crippen LogP contribution is -2.49. The Bertz CT molecular complexity index is 499. The van der Waals surface area contributed by atoms with Gasteiger partial charge in [0.05, 0.1) is 7.11 Å². The number of rotatable bonds is 5. The zero-order chi connectivity index (χ0) is 16.8. The third-order valence-corrected chi connectivity index (χ3v) is 2.71. The van der Waals surface area contributed by atoms with E-state index in [9.17, 15) is 9.59 Å². The quantitative estimate of drug-likeness (QED) is 0.834. The van der Waals surface area contributed by atoms with Crippen LogP contribution in [0.5, 0.6) is 0 Å². The Labute approximate surface area is 130 Å². The number of ether oxygens (including phenoxy) is 1. The molecule has 1 heterocycles. The largest absolute Gasteiger partial charge is 0.444 e. The minimum absolute atomic E-state index is 0.243. The lowest BCUT2D eigenvalue weighted by atomic mass is 10.1. The predicted octanol–water partition coefficient (Wildman–Crippen LogP) is 1.54. The Morgan fingerprint density at radius 3 is 2.55 bits per heavy atom. The third-order valence-electron chi connectivity index (χ3n) is 2.71. The number of amides is 2. The molecule has 122 valence electrons. The summed E-state index contributed by atoms with van der Waals surface area (Å²) in [4.78, 5) is 33.2. The molecule has 0 aliphatic carbocycles. The zero-order valence-corrected chi connectivity index (χ0v) is 13.6. The van der Waals surface area contributed by atoms with E-state index in [-0.39, 0.29) is 12.3 Å². The highest BCUT2D eigenvalue weighted by molar-refractivity contribution is 5.85. The van der Waals surface area contributed by atoms with Gasteiger partial charge in [-0.25, -0.2) is 9.86 Å². The lowest BCUT2D eigenvalue weighted by molar-refractivity contribution is -0.171. The minimum Gasteiger partial charge on any atom is -0.444 e. The highest BCUT2D eigenvalue weighted by Crippen LogP contribution is 2.08. The molecule has 0 spiro atoms. The van der Waals surface area contributed by atoms with Gasteiger partial charge in [-0.3, -0.25) is 14.6 Å². The molecule has 0 fully saturated rings. The first-order valence-electron chi connectivity index (χ1n) is 6.94. The Kier molecular flexibility index (Phi) is 6.30. The topological polar surface area (TPSA) is 80.8 Å². The van der Waals surface area contributed by atoms with Crippen molar-refractivity contribution in [2.75, 3.05) is 14.2 Å². The highest BCUT2D eigenvalue weighted by Gasteiger charge is 2.27. The highest BCUT2D eigenvalue weighted by atomic mass is 16.7. The fourth-order valence-electron chi connectivity index (χ4n) is 1.69. The molecule has 0 aliphatic heterocycles. The molecule has 0 bridgehead atoms. The van der Waals surface area contributed by atoms with E-state index < -0.39 is 17.7 Å². The van der Waals surface area contributed by atoms with Crippen LogP contribution in [0.25, 0.3) is 0 Å². The van der Waals surface area contributed by atoms with Gasteiger partial charge in [0.2, 0.25) is 0 Å². The molecule has 1 N–H and O–H groups in total. The predicted molar refractivity (Wildman–Crippen MR) is 80.9 cm³/mol. The van der Waals surface area contributed by atoms with Crippen LogP contribution in [0.4, 0.5) is 4.79 Å². The van der Waals surface area contributed by atoms with Gasteiger partial charge in [-0.1, -0.05) is 6.07 Å². The molecule has 0 radical (unpaired) electrons. The summed E-state index contributed by atoms with van der Waals surface area (Å²) in [5.41, 5.74) is 0.0388. The monoisotopic (exact) mass is 309 g/mol. The number of alkyl carbamates (subject to hydrolysis) is 1. The van der Waals surface area contributed by atoms with Crippen LogP contribution in [0.15, 0.2) is 24.4 Å². The van der Waals surface area contributed by atoms with Crippen LogP contribution < -0.4 is 5.32 Å². The van der Waals surface area contributed by atoms with Crippen LogP contribution in [-0.2, 0) is 20.8 Å². The summed E-state index contributed by atoms with van der Waals surface area (Å²) in [6.45, 7) is 5.26. The van der Waals surface area contributed by atoms with Crippen molar-refractivity contribution in [2.45, 2.75) is 38.8 Å². The smallest absolute Gasteiger partial charge is 0.408 e. The Hall–Kier alpha value is -2.15. The van der Waals surface area contributed by atoms with Crippen LogP contribution in [-0.4, -0.2) is 47.8 Å². The van der Waals surface area contributed by atoms with Crippen molar-refractivity contribution >= 4 is 12.0 Å². The van der Waals surface area contributed by atoms with Gasteiger partial charge in [-0.05, 0) is 32.9 Å². The van der Waals surface area contributed by atoms with Crippen LogP contribution >= 0.6 is 0 Å². The molecule has 7 heteroatoms. The van der Waals surface area contributed by atoms with Gasteiger partial charge in [-0.15, -0.1) is 0 Å². The summed E-state index contributed by atoms with van der Waals surface area (Å²) in [7, 11) is 2.85. The zero-order valence-electron chi connectivity index (χ0n) is 13.6. The first kappa shape index (κ1) is 17.9. The molecule has 1 aromatic rings. The summed E-state index contributed by atoms with van der Waals surface area (Å²) in [6, 6.07) is 4.55. The summed E-state index contributed by atoms with van der Waals surface area (Å²) in [5.74, 6) is -0.390. The second-order valence-electron chi connectivity index (χ2n) is 5.74. The molecular weight excluding hydrogens is 286 g/mol. The van der Waals surface area contributed by atoms with E-state index in [1.54, 1.807) is 39.1 Å². The van der Waals surface area contributed by atoms with Crippen molar-refractivity contribution in [3.63, 3.8) is 0 Å². The number of carbonyl (C=O) groups is 2. The van der Waals surface area contributed by atoms with Crippen LogP contribution in [0.3, 0.4) is 0 Å². The number of hydroxylamine groups is 2. The number of hydrogen-bond acceptors (Lipinski definition) is 5. The van der Waals surface area contributed by atoms with Crippen molar-refractivity contribution in [2.24, 2.45) is 0 Å². The molecule has 0 saturated carbocycles. The Morgan fingerprint density at radius 1 is 1.36 bits per heavy atom. The number of likely N-dealkylation sites (N-methyl/N-ethyl adjacent to an activating group) is 1. The number of nitrogens with one attached hydrogen (secondary N) is 1. The molecule has 1 atom stereocenters. The first-order valence-corrected chi connectivity index (χ1v) is 6.94. The van der Waals surface area contributed by atoms with Crippen molar-refractivity contribution in [3.8, 4) is 0 Å². The van der Waals surface area contributed by atoms with Crippen molar-refractivity contribution < 1.29 is 19.2 Å². The van der Waals surface area contributed by atoms with E-state index in [4.69, 9.17) is 9.57 Å². The van der Waals surface area contributed by atoms with Crippen LogP contribution in [0.2, 0.25) is 0 Å². The van der Waals surface area contributed by atoms with Crippen molar-refractivity contribution in [1.82, 2.24) is 15.4 Å². The molecule has 0 aromatic carbocycles. The normalized spacial score (nSPS) is 12.4. The van der Waals surface area contributed by atoms with Gasteiger partial charge in [-0.2, -0.15) is 0 Å². The fourth-order valence-corrected chi connectivity index (χ4v) is 1.69. The summed E-state index contributed by atoms with van der Waals surface area (Å²) < 4.78 is 5.19. The SMILES string of the molecule is CON(C)C(=O)[C@@H](Cc1ccccn1)NC(=O)OC(C)(C)C. The van der Waals surface area contributed by atoms with E-state index >= 15 is 0 Å². The molecule has 22 heavy (non-hydrogen) atoms. The molecule has 0 aliphatic rings. The number of hydrogen-bond donors (Lipinski definition) is 1. The summed E-state index contributed by atoms with van der Waals surface area (Å²) in [5, 5.41) is 3.63. The van der Waals surface area contributed by atoms with Gasteiger partial charge in [0, 0.05) is 25.4 Å². The minimum atomic E-state index is -0.824. The maximum Gasteiger partial charge on any atom is 0.408 e. The lowest BCUT2D eigenvalue weighted by Gasteiger charge is -2.25. The van der Waals surface area contributed by atoms with Gasteiger partial charge in [0.25, 0.3) is 5.91 Å². The fraction of sp³-hybridized carbons (Fsp3) is 0.533. The molecule has 1 rings (SSSR count). The number of aromatic nitrogens is 1. The van der Waals surface area contributed by atoms with E-state index in [0.29, 0.717) is 5.69 Å². The molecule has 2 amide bonds. The van der Waals surface area contributed by atoms with Gasteiger partial charge < -0.3 is 10.1 Å². The Morgan fingerprint density at radius 2 is 2.05 bits per heavy atom. The summed E-state index contributed by atoms with van der Waals surface area (Å²) >= 11 is 0. The molecule has 0 unspecified atom stereocenters. The van der Waals surface area contributed by atoms with Crippen molar-refractivity contribution in [1.29, 1.82) is 0 Å². The Balaban J connectivity index is 2.82. The van der Waals surface area contributed by atoms with Gasteiger partial charge >= 0.3 is 6.09 Å². The van der Waals surface area contributed by atoms with Crippen LogP contribution in [0.1, 0.15) is 26.5 Å². The van der Waals surface area contributed by atoms with E-state index in [0.717, 1.165) is 5.06 Å². The molecular formula is C15H23N3O4. The molecule has 0 saturated heterocycles. The van der Waals surface area contributed by atoms with Gasteiger partial charge in [0.15, 0.2) is 0 Å². The average molecular weight is 309 g/mol. The van der Waals surface area contributed by atoms with Gasteiger partial charge in [0.1, 0.15) is 11.6 Å². The second kappa shape index (κ2) is 7.74. The molecule has 1 aromatic heterocycles. The van der Waals surface area contributed by atoms with Crippen molar-refractivity contribution in [3.05, 3.63) is 30.1 Å². The maximum absolute atomic E-state index is 12.3. The van der Waals surface area contributed by atoms with E-state index in [1.165, 1.54) is 14.2 Å². The first-order chi connectivity index (χ1) is 10.2. The van der Waals surface area contributed by atoms with Crippen LogP contribution in [0, 0.1) is 0 Å². The summed E-state index contributed by atoms with van der Waals surface area (Å²) in [6.07, 6.45) is 1.21. The standard InChI is InChI=1S/C15H23N3O4/c1-15(2,3)22-14(20)17-12(13(19)18(4)21-5)10-11-8-6-7-9-16-11/h6-9,12H,10H2,1-5H3,(H,17,20)/t12-/m1/s1. The van der Waals surface area contributed by atoms with E-state index in [2.05, 4.69) is 10.3 Å². The number of nitrogens with zero attached hydrogens (tertiary/aromatic N) is 2. The number of carbonyl (C=O) groups excluding carboxylic acids is 2. The third kappa shape index (κ3) is 6.09. The second-order valence-corrected chi connectivity index (χ2v) is 5.74. The van der Waals surface area contributed by atoms with E-state index in [1.807, 2.05) is 6.07 Å². The molecule has 7 nitrogen and oxygen atoms in total. The average Bonchev–Trinajstić information content (AvgIpc) is 2.44.